The lowest BCUT2D eigenvalue weighted by atomic mass is 9.83. The predicted molar refractivity (Wildman–Crippen MR) is 61.8 cm³/mol. The van der Waals surface area contributed by atoms with Crippen molar-refractivity contribution in [3.8, 4) is 0 Å². The molecule has 1 heterocycles. The fourth-order valence-corrected chi connectivity index (χ4v) is 2.40. The molecule has 0 saturated carbocycles. The van der Waals surface area contributed by atoms with Crippen LogP contribution in [0.4, 0.5) is 0 Å². The Hall–Kier alpha value is -0.860. The number of hydrogen-bond acceptors (Lipinski definition) is 2. The summed E-state index contributed by atoms with van der Waals surface area (Å²) in [5, 5.41) is 13.9. The highest BCUT2D eigenvalue weighted by molar-refractivity contribution is 5.33. The van der Waals surface area contributed by atoms with E-state index in [1.165, 1.54) is 5.56 Å². The van der Waals surface area contributed by atoms with E-state index in [1.54, 1.807) is 0 Å². The van der Waals surface area contributed by atoms with Crippen LogP contribution in [-0.2, 0) is 12.0 Å². The Morgan fingerprint density at radius 1 is 1.40 bits per heavy atom. The van der Waals surface area contributed by atoms with E-state index < -0.39 is 5.60 Å². The van der Waals surface area contributed by atoms with Crippen LogP contribution in [0.25, 0.3) is 0 Å². The molecule has 1 atom stereocenters. The van der Waals surface area contributed by atoms with E-state index in [1.807, 2.05) is 12.1 Å². The maximum Gasteiger partial charge on any atom is 0.102 e. The Kier molecular flexibility index (Phi) is 3.08. The second-order valence-corrected chi connectivity index (χ2v) is 4.32. The standard InChI is InChI=1S/C13H19NO/c1-2-11-6-3-4-7-12(11)13(15)8-5-9-14-10-13/h3-4,6-7,14-15H,2,5,8-10H2,1H3. The van der Waals surface area contributed by atoms with E-state index in [4.69, 9.17) is 0 Å². The summed E-state index contributed by atoms with van der Waals surface area (Å²) in [6.45, 7) is 3.85. The SMILES string of the molecule is CCc1ccccc1C1(O)CCCNC1. The third-order valence-corrected chi connectivity index (χ3v) is 3.26. The minimum atomic E-state index is -0.648. The highest BCUT2D eigenvalue weighted by Crippen LogP contribution is 2.30. The van der Waals surface area contributed by atoms with Gasteiger partial charge in [-0.3, -0.25) is 0 Å². The smallest absolute Gasteiger partial charge is 0.102 e. The molecule has 2 N–H and O–H groups in total. The summed E-state index contributed by atoms with van der Waals surface area (Å²) in [5.41, 5.74) is 1.73. The van der Waals surface area contributed by atoms with Gasteiger partial charge >= 0.3 is 0 Å². The van der Waals surface area contributed by atoms with Crippen LogP contribution in [0.2, 0.25) is 0 Å². The topological polar surface area (TPSA) is 32.3 Å². The lowest BCUT2D eigenvalue weighted by Crippen LogP contribution is -2.43. The molecule has 0 aliphatic carbocycles. The van der Waals surface area contributed by atoms with Crippen molar-refractivity contribution in [1.82, 2.24) is 5.32 Å². The number of rotatable bonds is 2. The molecular weight excluding hydrogens is 186 g/mol. The summed E-state index contributed by atoms with van der Waals surface area (Å²) in [5.74, 6) is 0. The third-order valence-electron chi connectivity index (χ3n) is 3.26. The van der Waals surface area contributed by atoms with Crippen molar-refractivity contribution in [1.29, 1.82) is 0 Å². The first kappa shape index (κ1) is 10.7. The van der Waals surface area contributed by atoms with E-state index in [0.717, 1.165) is 31.4 Å². The van der Waals surface area contributed by atoms with Crippen LogP contribution in [0.3, 0.4) is 0 Å². The molecule has 1 aromatic carbocycles. The molecule has 15 heavy (non-hydrogen) atoms. The molecule has 0 radical (unpaired) electrons. The summed E-state index contributed by atoms with van der Waals surface area (Å²) in [7, 11) is 0. The summed E-state index contributed by atoms with van der Waals surface area (Å²) in [6.07, 6.45) is 2.91. The van der Waals surface area contributed by atoms with E-state index >= 15 is 0 Å². The van der Waals surface area contributed by atoms with Crippen molar-refractivity contribution < 1.29 is 5.11 Å². The number of hydrogen-bond donors (Lipinski definition) is 2. The lowest BCUT2D eigenvalue weighted by molar-refractivity contribution is 0.0115. The highest BCUT2D eigenvalue weighted by Gasteiger charge is 2.32. The van der Waals surface area contributed by atoms with Crippen molar-refractivity contribution in [3.05, 3.63) is 35.4 Å². The van der Waals surface area contributed by atoms with Gasteiger partial charge in [0.2, 0.25) is 0 Å². The number of piperidine rings is 1. The third kappa shape index (κ3) is 2.06. The second-order valence-electron chi connectivity index (χ2n) is 4.32. The molecule has 1 aromatic rings. The maximum atomic E-state index is 10.6. The molecular formula is C13H19NO. The molecule has 1 saturated heterocycles. The summed E-state index contributed by atoms with van der Waals surface area (Å²) in [4.78, 5) is 0. The van der Waals surface area contributed by atoms with Crippen LogP contribution in [0.1, 0.15) is 30.9 Å². The highest BCUT2D eigenvalue weighted by atomic mass is 16.3. The van der Waals surface area contributed by atoms with Gasteiger partial charge in [0.15, 0.2) is 0 Å². The van der Waals surface area contributed by atoms with Crippen LogP contribution in [-0.4, -0.2) is 18.2 Å². The first-order valence-corrected chi connectivity index (χ1v) is 5.78. The number of β-amino-alcohol motifs (C(OH)–C–C–N with tert-alkyl or cyclic N) is 1. The molecule has 2 nitrogen and oxygen atoms in total. The average Bonchev–Trinajstić information content (AvgIpc) is 2.30. The number of nitrogens with one attached hydrogen (secondary N) is 1. The van der Waals surface area contributed by atoms with Gasteiger partial charge < -0.3 is 10.4 Å². The molecule has 1 unspecified atom stereocenters. The van der Waals surface area contributed by atoms with E-state index in [2.05, 4.69) is 24.4 Å². The Bertz CT molecular complexity index is 329. The van der Waals surface area contributed by atoms with E-state index in [9.17, 15) is 5.11 Å². The molecule has 0 bridgehead atoms. The van der Waals surface area contributed by atoms with Crippen LogP contribution >= 0.6 is 0 Å². The van der Waals surface area contributed by atoms with Gasteiger partial charge in [0.1, 0.15) is 5.60 Å². The Labute approximate surface area is 91.3 Å². The van der Waals surface area contributed by atoms with Crippen molar-refractivity contribution in [2.45, 2.75) is 31.8 Å². The molecule has 0 amide bonds. The Morgan fingerprint density at radius 3 is 2.87 bits per heavy atom. The summed E-state index contributed by atoms with van der Waals surface area (Å²) in [6, 6.07) is 8.23. The van der Waals surface area contributed by atoms with Crippen molar-refractivity contribution in [3.63, 3.8) is 0 Å². The van der Waals surface area contributed by atoms with Crippen molar-refractivity contribution >= 4 is 0 Å². The van der Waals surface area contributed by atoms with Gasteiger partial charge in [-0.2, -0.15) is 0 Å². The van der Waals surface area contributed by atoms with Gasteiger partial charge in [-0.25, -0.2) is 0 Å². The van der Waals surface area contributed by atoms with Gasteiger partial charge in [0, 0.05) is 6.54 Å². The van der Waals surface area contributed by atoms with Crippen LogP contribution in [0.15, 0.2) is 24.3 Å². The van der Waals surface area contributed by atoms with E-state index in [-0.39, 0.29) is 0 Å². The van der Waals surface area contributed by atoms with Crippen LogP contribution in [0, 0.1) is 0 Å². The van der Waals surface area contributed by atoms with Gasteiger partial charge in [0.25, 0.3) is 0 Å². The molecule has 2 heteroatoms. The van der Waals surface area contributed by atoms with E-state index in [0.29, 0.717) is 6.54 Å². The van der Waals surface area contributed by atoms with Gasteiger partial charge in [0.05, 0.1) is 0 Å². The van der Waals surface area contributed by atoms with Gasteiger partial charge in [-0.1, -0.05) is 31.2 Å². The molecule has 2 rings (SSSR count). The van der Waals surface area contributed by atoms with Crippen LogP contribution < -0.4 is 5.32 Å². The number of aliphatic hydroxyl groups is 1. The normalized spacial score (nSPS) is 26.5. The largest absolute Gasteiger partial charge is 0.384 e. The minimum absolute atomic E-state index is 0.648. The first-order valence-electron chi connectivity index (χ1n) is 5.78. The Morgan fingerprint density at radius 2 is 2.20 bits per heavy atom. The molecule has 1 aliphatic heterocycles. The lowest BCUT2D eigenvalue weighted by Gasteiger charge is -2.34. The number of aryl methyl sites for hydroxylation is 1. The Balaban J connectivity index is 2.34. The minimum Gasteiger partial charge on any atom is -0.384 e. The molecule has 82 valence electrons. The fourth-order valence-electron chi connectivity index (χ4n) is 2.40. The summed E-state index contributed by atoms with van der Waals surface area (Å²) < 4.78 is 0. The van der Waals surface area contributed by atoms with Gasteiger partial charge in [-0.15, -0.1) is 0 Å². The van der Waals surface area contributed by atoms with Crippen LogP contribution in [0.5, 0.6) is 0 Å². The van der Waals surface area contributed by atoms with Crippen molar-refractivity contribution in [2.75, 3.05) is 13.1 Å². The first-order chi connectivity index (χ1) is 7.26. The molecule has 0 aromatic heterocycles. The second kappa shape index (κ2) is 4.33. The van der Waals surface area contributed by atoms with Crippen molar-refractivity contribution in [2.24, 2.45) is 0 Å². The maximum absolute atomic E-state index is 10.6. The molecule has 0 spiro atoms. The number of benzene rings is 1. The zero-order valence-electron chi connectivity index (χ0n) is 9.29. The zero-order chi connectivity index (χ0) is 10.7. The molecule has 1 aliphatic rings. The zero-order valence-corrected chi connectivity index (χ0v) is 9.29. The monoisotopic (exact) mass is 205 g/mol. The van der Waals surface area contributed by atoms with Gasteiger partial charge in [-0.05, 0) is 36.9 Å². The fraction of sp³-hybridized carbons (Fsp3) is 0.538. The molecule has 1 fully saturated rings. The quantitative estimate of drug-likeness (QED) is 0.772. The average molecular weight is 205 g/mol. The summed E-state index contributed by atoms with van der Waals surface area (Å²) >= 11 is 0. The predicted octanol–water partition coefficient (Wildman–Crippen LogP) is 1.82.